The second-order valence-electron chi connectivity index (χ2n) is 4.87. The van der Waals surface area contributed by atoms with E-state index in [1.165, 1.54) is 28.0 Å². The van der Waals surface area contributed by atoms with Crippen molar-refractivity contribution in [3.8, 4) is 0 Å². The molecule has 1 aromatic rings. The number of rotatable bonds is 8. The average molecular weight is 366 g/mol. The van der Waals surface area contributed by atoms with Gasteiger partial charge in [-0.3, -0.25) is 4.79 Å². The van der Waals surface area contributed by atoms with Crippen LogP contribution in [0.25, 0.3) is 0 Å². The average Bonchev–Trinajstić information content (AvgIpc) is 2.79. The Kier molecular flexibility index (Phi) is 6.46. The van der Waals surface area contributed by atoms with Gasteiger partial charge in [-0.2, -0.15) is 4.72 Å². The Bertz CT molecular complexity index is 729. The number of carbonyl (C=O) groups is 2. The van der Waals surface area contributed by atoms with Gasteiger partial charge in [-0.1, -0.05) is 0 Å². The minimum atomic E-state index is -4.55. The van der Waals surface area contributed by atoms with Crippen LogP contribution >= 0.6 is 0 Å². The van der Waals surface area contributed by atoms with Gasteiger partial charge in [0.05, 0.1) is 12.7 Å². The van der Waals surface area contributed by atoms with Gasteiger partial charge in [0.2, 0.25) is 10.0 Å². The van der Waals surface area contributed by atoms with Crippen LogP contribution in [0, 0.1) is 5.82 Å². The minimum absolute atomic E-state index is 0.0176. The number of carbonyl (C=O) groups excluding carboxylic acids is 1. The predicted octanol–water partition coefficient (Wildman–Crippen LogP) is 0.107. The van der Waals surface area contributed by atoms with Gasteiger partial charge in [0.1, 0.15) is 10.9 Å². The summed E-state index contributed by atoms with van der Waals surface area (Å²) in [5.74, 6) is -3.84. The first-order chi connectivity index (χ1) is 11.1. The lowest BCUT2D eigenvalue weighted by Gasteiger charge is -2.19. The summed E-state index contributed by atoms with van der Waals surface area (Å²) < 4.78 is 51.3. The number of hydrogen-bond acceptors (Lipinski definition) is 6. The van der Waals surface area contributed by atoms with Crippen molar-refractivity contribution in [1.29, 1.82) is 0 Å². The Morgan fingerprint density at radius 3 is 2.50 bits per heavy atom. The highest BCUT2D eigenvalue weighted by molar-refractivity contribution is 7.89. The Morgan fingerprint density at radius 2 is 2.04 bits per heavy atom. The van der Waals surface area contributed by atoms with Crippen molar-refractivity contribution in [1.82, 2.24) is 9.29 Å². The molecule has 0 aliphatic heterocycles. The van der Waals surface area contributed by atoms with Gasteiger partial charge in [0.15, 0.2) is 11.5 Å². The van der Waals surface area contributed by atoms with Crippen molar-refractivity contribution in [2.24, 2.45) is 7.05 Å². The molecule has 2 atom stereocenters. The number of halogens is 1. The van der Waals surface area contributed by atoms with Gasteiger partial charge < -0.3 is 19.1 Å². The molecule has 0 radical (unpaired) electrons. The molecule has 1 heterocycles. The number of aryl methyl sites for hydroxylation is 1. The molecule has 11 heteroatoms. The highest BCUT2D eigenvalue weighted by Crippen LogP contribution is 2.21. The standard InChI is InChI=1S/C13H19FN2O7S/c1-5-23-13(19)11-9(14)8(6-16(11)3)24(20,21)15-10(12(17)18)7(2)22-4/h6-7,10,15H,5H2,1-4H3,(H,17,18)/t7-,10+/m1/s1. The van der Waals surface area contributed by atoms with Crippen LogP contribution < -0.4 is 4.72 Å². The molecule has 0 aromatic carbocycles. The Morgan fingerprint density at radius 1 is 1.46 bits per heavy atom. The molecule has 0 aliphatic carbocycles. The minimum Gasteiger partial charge on any atom is -0.480 e. The van der Waals surface area contributed by atoms with E-state index in [0.717, 1.165) is 10.8 Å². The maximum atomic E-state index is 14.4. The number of esters is 1. The van der Waals surface area contributed by atoms with Gasteiger partial charge in [-0.15, -0.1) is 0 Å². The quantitative estimate of drug-likeness (QED) is 0.626. The first-order valence-electron chi connectivity index (χ1n) is 6.86. The molecule has 0 saturated carbocycles. The topological polar surface area (TPSA) is 124 Å². The highest BCUT2D eigenvalue weighted by Gasteiger charge is 2.34. The molecule has 0 saturated heterocycles. The van der Waals surface area contributed by atoms with E-state index in [1.807, 2.05) is 4.72 Å². The molecular formula is C13H19FN2O7S. The molecule has 0 fully saturated rings. The summed E-state index contributed by atoms with van der Waals surface area (Å²) in [7, 11) is -2.08. The molecule has 1 rings (SSSR count). The lowest BCUT2D eigenvalue weighted by molar-refractivity contribution is -0.142. The molecule has 9 nitrogen and oxygen atoms in total. The van der Waals surface area contributed by atoms with Crippen molar-refractivity contribution in [2.45, 2.75) is 30.9 Å². The molecule has 0 amide bonds. The SMILES string of the molecule is CCOC(=O)c1c(F)c(S(=O)(=O)N[C@H](C(=O)O)[C@@H](C)OC)cn1C. The lowest BCUT2D eigenvalue weighted by Crippen LogP contribution is -2.48. The molecule has 2 N–H and O–H groups in total. The molecule has 0 bridgehead atoms. The zero-order valence-corrected chi connectivity index (χ0v) is 14.4. The second-order valence-corrected chi connectivity index (χ2v) is 6.55. The highest BCUT2D eigenvalue weighted by atomic mass is 32.2. The number of carboxylic acids is 1. The molecule has 1 aromatic heterocycles. The van der Waals surface area contributed by atoms with Crippen LogP contribution in [0.3, 0.4) is 0 Å². The number of aromatic nitrogens is 1. The van der Waals surface area contributed by atoms with Crippen molar-refractivity contribution >= 4 is 22.0 Å². The zero-order chi connectivity index (χ0) is 18.7. The van der Waals surface area contributed by atoms with Crippen LogP contribution in [0.1, 0.15) is 24.3 Å². The fourth-order valence-electron chi connectivity index (χ4n) is 1.90. The summed E-state index contributed by atoms with van der Waals surface area (Å²) in [6.07, 6.45) is -0.145. The number of nitrogens with zero attached hydrogens (tertiary/aromatic N) is 1. The summed E-state index contributed by atoms with van der Waals surface area (Å²) in [6, 6.07) is -1.63. The maximum absolute atomic E-state index is 14.4. The van der Waals surface area contributed by atoms with E-state index in [1.54, 1.807) is 0 Å². The third kappa shape index (κ3) is 4.10. The largest absolute Gasteiger partial charge is 0.480 e. The lowest BCUT2D eigenvalue weighted by atomic mass is 10.2. The molecule has 0 aliphatic rings. The van der Waals surface area contributed by atoms with Gasteiger partial charge in [-0.05, 0) is 13.8 Å². The van der Waals surface area contributed by atoms with Crippen LogP contribution in [0.2, 0.25) is 0 Å². The van der Waals surface area contributed by atoms with Crippen LogP contribution in [0.4, 0.5) is 4.39 Å². The van der Waals surface area contributed by atoms with Gasteiger partial charge in [0.25, 0.3) is 0 Å². The van der Waals surface area contributed by atoms with E-state index >= 15 is 0 Å². The van der Waals surface area contributed by atoms with Crippen LogP contribution in [0.15, 0.2) is 11.1 Å². The number of sulfonamides is 1. The van der Waals surface area contributed by atoms with Gasteiger partial charge >= 0.3 is 11.9 Å². The van der Waals surface area contributed by atoms with Crippen molar-refractivity contribution in [2.75, 3.05) is 13.7 Å². The number of carboxylic acid groups (broad SMARTS) is 1. The van der Waals surface area contributed by atoms with E-state index in [2.05, 4.69) is 4.74 Å². The molecule has 136 valence electrons. The summed E-state index contributed by atoms with van der Waals surface area (Å²) >= 11 is 0. The summed E-state index contributed by atoms with van der Waals surface area (Å²) in [5, 5.41) is 9.09. The number of methoxy groups -OCH3 is 1. The molecule has 24 heavy (non-hydrogen) atoms. The number of hydrogen-bond donors (Lipinski definition) is 2. The molecule has 0 spiro atoms. The summed E-state index contributed by atoms with van der Waals surface area (Å²) in [4.78, 5) is 22.0. The van der Waals surface area contributed by atoms with Crippen LogP contribution in [0.5, 0.6) is 0 Å². The Hall–Kier alpha value is -1.98. The fourth-order valence-corrected chi connectivity index (χ4v) is 3.29. The number of nitrogens with one attached hydrogen (secondary N) is 1. The van der Waals surface area contributed by atoms with Crippen molar-refractivity contribution < 1.29 is 37.0 Å². The Labute approximate surface area is 138 Å². The van der Waals surface area contributed by atoms with E-state index in [9.17, 15) is 22.4 Å². The van der Waals surface area contributed by atoms with Crippen LogP contribution in [-0.2, 0) is 31.3 Å². The second kappa shape index (κ2) is 7.73. The Balaban J connectivity index is 3.27. The number of ether oxygens (including phenoxy) is 2. The fraction of sp³-hybridized carbons (Fsp3) is 0.538. The zero-order valence-electron chi connectivity index (χ0n) is 13.6. The molecular weight excluding hydrogens is 347 g/mol. The van der Waals surface area contributed by atoms with E-state index in [0.29, 0.717) is 0 Å². The van der Waals surface area contributed by atoms with Gasteiger partial charge in [-0.25, -0.2) is 17.6 Å². The predicted molar refractivity (Wildman–Crippen MR) is 79.5 cm³/mol. The third-order valence-electron chi connectivity index (χ3n) is 3.24. The van der Waals surface area contributed by atoms with E-state index in [4.69, 9.17) is 9.84 Å². The first-order valence-corrected chi connectivity index (χ1v) is 8.35. The summed E-state index contributed by atoms with van der Waals surface area (Å²) in [6.45, 7) is 2.84. The maximum Gasteiger partial charge on any atom is 0.358 e. The smallest absolute Gasteiger partial charge is 0.358 e. The monoisotopic (exact) mass is 366 g/mol. The van der Waals surface area contributed by atoms with E-state index in [-0.39, 0.29) is 6.61 Å². The molecule has 0 unspecified atom stereocenters. The van der Waals surface area contributed by atoms with E-state index < -0.39 is 50.5 Å². The van der Waals surface area contributed by atoms with Crippen molar-refractivity contribution in [3.05, 3.63) is 17.7 Å². The summed E-state index contributed by atoms with van der Waals surface area (Å²) in [5.41, 5.74) is -0.580. The van der Waals surface area contributed by atoms with Crippen LogP contribution in [-0.4, -0.2) is 55.9 Å². The van der Waals surface area contributed by atoms with Crippen molar-refractivity contribution in [3.63, 3.8) is 0 Å². The number of aliphatic carboxylic acids is 1. The first kappa shape index (κ1) is 20.1. The normalized spacial score (nSPS) is 14.2. The van der Waals surface area contributed by atoms with Gasteiger partial charge in [0, 0.05) is 20.4 Å². The third-order valence-corrected chi connectivity index (χ3v) is 4.66.